The summed E-state index contributed by atoms with van der Waals surface area (Å²) >= 11 is 0. The van der Waals surface area contributed by atoms with Gasteiger partial charge < -0.3 is 19.5 Å². The predicted octanol–water partition coefficient (Wildman–Crippen LogP) is 1.08. The molecule has 0 atom stereocenters. The summed E-state index contributed by atoms with van der Waals surface area (Å²) in [4.78, 5) is 24.1. The van der Waals surface area contributed by atoms with E-state index in [1.165, 1.54) is 0 Å². The van der Waals surface area contributed by atoms with Crippen LogP contribution in [0.25, 0.3) is 0 Å². The SMILES string of the molecule is COc1ccc2c(c1)CCCN2C(=O)COCC(=O)O. The minimum Gasteiger partial charge on any atom is -0.497 e. The van der Waals surface area contributed by atoms with Crippen molar-refractivity contribution in [2.45, 2.75) is 12.8 Å². The van der Waals surface area contributed by atoms with Gasteiger partial charge in [-0.2, -0.15) is 0 Å². The van der Waals surface area contributed by atoms with Crippen LogP contribution < -0.4 is 9.64 Å². The molecule has 0 spiro atoms. The molecular weight excluding hydrogens is 262 g/mol. The molecule has 0 saturated carbocycles. The Hall–Kier alpha value is -2.08. The Morgan fingerprint density at radius 1 is 1.35 bits per heavy atom. The van der Waals surface area contributed by atoms with Gasteiger partial charge in [-0.25, -0.2) is 4.79 Å². The van der Waals surface area contributed by atoms with Crippen LogP contribution in [-0.2, 0) is 20.7 Å². The molecule has 108 valence electrons. The van der Waals surface area contributed by atoms with E-state index in [0.717, 1.165) is 29.8 Å². The van der Waals surface area contributed by atoms with Gasteiger partial charge in [-0.15, -0.1) is 0 Å². The topological polar surface area (TPSA) is 76.1 Å². The van der Waals surface area contributed by atoms with Gasteiger partial charge in [-0.3, -0.25) is 4.79 Å². The molecule has 0 radical (unpaired) electrons. The zero-order chi connectivity index (χ0) is 14.5. The zero-order valence-corrected chi connectivity index (χ0v) is 11.3. The van der Waals surface area contributed by atoms with Gasteiger partial charge in [0.25, 0.3) is 5.91 Å². The number of aliphatic carboxylic acids is 1. The van der Waals surface area contributed by atoms with Crippen LogP contribution in [0.4, 0.5) is 5.69 Å². The Morgan fingerprint density at radius 3 is 2.85 bits per heavy atom. The molecule has 0 bridgehead atoms. The Balaban J connectivity index is 2.07. The number of benzene rings is 1. The maximum Gasteiger partial charge on any atom is 0.329 e. The number of hydrogen-bond donors (Lipinski definition) is 1. The number of anilines is 1. The van der Waals surface area contributed by atoms with Crippen LogP contribution in [0.5, 0.6) is 5.75 Å². The second-order valence-corrected chi connectivity index (χ2v) is 4.53. The molecule has 1 amide bonds. The average Bonchev–Trinajstić information content (AvgIpc) is 2.45. The van der Waals surface area contributed by atoms with Crippen LogP contribution in [0.1, 0.15) is 12.0 Å². The number of hydrogen-bond acceptors (Lipinski definition) is 4. The smallest absolute Gasteiger partial charge is 0.329 e. The summed E-state index contributed by atoms with van der Waals surface area (Å²) in [6, 6.07) is 5.58. The van der Waals surface area contributed by atoms with Crippen molar-refractivity contribution in [3.63, 3.8) is 0 Å². The molecule has 0 aliphatic carbocycles. The van der Waals surface area contributed by atoms with E-state index in [0.29, 0.717) is 6.54 Å². The van der Waals surface area contributed by atoms with Crippen LogP contribution in [0.2, 0.25) is 0 Å². The molecule has 0 unspecified atom stereocenters. The van der Waals surface area contributed by atoms with Crippen molar-refractivity contribution in [3.05, 3.63) is 23.8 Å². The first kappa shape index (κ1) is 14.3. The number of carboxylic acids is 1. The van der Waals surface area contributed by atoms with Gasteiger partial charge in [0.1, 0.15) is 19.0 Å². The van der Waals surface area contributed by atoms with Crippen molar-refractivity contribution in [3.8, 4) is 5.75 Å². The number of methoxy groups -OCH3 is 1. The van der Waals surface area contributed by atoms with Crippen molar-refractivity contribution >= 4 is 17.6 Å². The summed E-state index contributed by atoms with van der Waals surface area (Å²) in [6.45, 7) is -0.0680. The second-order valence-electron chi connectivity index (χ2n) is 4.53. The summed E-state index contributed by atoms with van der Waals surface area (Å²) < 4.78 is 10.0. The Bertz CT molecular complexity index is 514. The maximum atomic E-state index is 12.1. The highest BCUT2D eigenvalue weighted by Gasteiger charge is 2.23. The van der Waals surface area contributed by atoms with Crippen molar-refractivity contribution in [1.82, 2.24) is 0 Å². The van der Waals surface area contributed by atoms with Crippen LogP contribution in [0.3, 0.4) is 0 Å². The van der Waals surface area contributed by atoms with Crippen molar-refractivity contribution in [2.24, 2.45) is 0 Å². The molecular formula is C14H17NO5. The van der Waals surface area contributed by atoms with E-state index in [1.54, 1.807) is 12.0 Å². The number of fused-ring (bicyclic) bond motifs is 1. The van der Waals surface area contributed by atoms with Crippen LogP contribution in [0.15, 0.2) is 18.2 Å². The molecule has 2 rings (SSSR count). The summed E-state index contributed by atoms with van der Waals surface area (Å²) in [7, 11) is 1.60. The fourth-order valence-electron chi connectivity index (χ4n) is 2.26. The summed E-state index contributed by atoms with van der Waals surface area (Å²) in [5.74, 6) is -0.542. The molecule has 6 nitrogen and oxygen atoms in total. The maximum absolute atomic E-state index is 12.1. The zero-order valence-electron chi connectivity index (χ0n) is 11.3. The molecule has 0 saturated heterocycles. The highest BCUT2D eigenvalue weighted by Crippen LogP contribution is 2.30. The van der Waals surface area contributed by atoms with E-state index < -0.39 is 12.6 Å². The number of carbonyl (C=O) groups excluding carboxylic acids is 1. The van der Waals surface area contributed by atoms with Gasteiger partial charge in [-0.1, -0.05) is 0 Å². The van der Waals surface area contributed by atoms with E-state index in [2.05, 4.69) is 0 Å². The van der Waals surface area contributed by atoms with Crippen molar-refractivity contribution in [1.29, 1.82) is 0 Å². The molecule has 6 heteroatoms. The number of rotatable bonds is 5. The minimum absolute atomic E-state index is 0.224. The molecule has 1 aromatic rings. The lowest BCUT2D eigenvalue weighted by atomic mass is 10.0. The molecule has 1 aliphatic rings. The third-order valence-corrected chi connectivity index (χ3v) is 3.16. The standard InChI is InChI=1S/C14H17NO5/c1-19-11-4-5-12-10(7-11)3-2-6-15(12)13(16)8-20-9-14(17)18/h4-5,7H,2-3,6,8-9H2,1H3,(H,17,18). The van der Waals surface area contributed by atoms with Gasteiger partial charge in [0.05, 0.1) is 7.11 Å². The molecule has 0 aromatic heterocycles. The first-order valence-electron chi connectivity index (χ1n) is 6.38. The molecule has 1 heterocycles. The molecule has 20 heavy (non-hydrogen) atoms. The van der Waals surface area contributed by atoms with E-state index >= 15 is 0 Å². The predicted molar refractivity (Wildman–Crippen MR) is 72.1 cm³/mol. The van der Waals surface area contributed by atoms with E-state index in [1.807, 2.05) is 18.2 Å². The van der Waals surface area contributed by atoms with E-state index in [9.17, 15) is 9.59 Å². The quantitative estimate of drug-likeness (QED) is 0.872. The van der Waals surface area contributed by atoms with Gasteiger partial charge >= 0.3 is 5.97 Å². The number of aryl methyl sites for hydroxylation is 1. The lowest BCUT2D eigenvalue weighted by Gasteiger charge is -2.29. The number of amides is 1. The molecule has 1 aromatic carbocycles. The summed E-state index contributed by atoms with van der Waals surface area (Å²) in [5, 5.41) is 8.49. The first-order chi connectivity index (χ1) is 9.61. The van der Waals surface area contributed by atoms with Crippen LogP contribution >= 0.6 is 0 Å². The molecule has 1 N–H and O–H groups in total. The Kier molecular flexibility index (Phi) is 4.57. The van der Waals surface area contributed by atoms with E-state index in [4.69, 9.17) is 14.6 Å². The highest BCUT2D eigenvalue weighted by molar-refractivity contribution is 5.95. The van der Waals surface area contributed by atoms with Gasteiger partial charge in [0.2, 0.25) is 0 Å². The number of ether oxygens (including phenoxy) is 2. The first-order valence-corrected chi connectivity index (χ1v) is 6.38. The third-order valence-electron chi connectivity index (χ3n) is 3.16. The number of nitrogens with zero attached hydrogens (tertiary/aromatic N) is 1. The third kappa shape index (κ3) is 3.27. The van der Waals surface area contributed by atoms with Crippen molar-refractivity contribution < 1.29 is 24.2 Å². The largest absolute Gasteiger partial charge is 0.497 e. The molecule has 0 fully saturated rings. The fourth-order valence-corrected chi connectivity index (χ4v) is 2.26. The second kappa shape index (κ2) is 6.38. The van der Waals surface area contributed by atoms with Crippen LogP contribution in [-0.4, -0.2) is 43.9 Å². The highest BCUT2D eigenvalue weighted by atomic mass is 16.5. The normalized spacial score (nSPS) is 13.8. The number of carbonyl (C=O) groups is 2. The fraction of sp³-hybridized carbons (Fsp3) is 0.429. The van der Waals surface area contributed by atoms with Crippen molar-refractivity contribution in [2.75, 3.05) is 31.8 Å². The van der Waals surface area contributed by atoms with Gasteiger partial charge in [-0.05, 0) is 36.6 Å². The Labute approximate surface area is 116 Å². The minimum atomic E-state index is -1.08. The van der Waals surface area contributed by atoms with Crippen LogP contribution in [0, 0.1) is 0 Å². The summed E-state index contributed by atoms with van der Waals surface area (Å²) in [5.41, 5.74) is 1.91. The van der Waals surface area contributed by atoms with Gasteiger partial charge in [0.15, 0.2) is 0 Å². The lowest BCUT2D eigenvalue weighted by molar-refractivity contribution is -0.143. The monoisotopic (exact) mass is 279 g/mol. The Morgan fingerprint density at radius 2 is 2.15 bits per heavy atom. The van der Waals surface area contributed by atoms with E-state index in [-0.39, 0.29) is 12.5 Å². The number of carboxylic acid groups (broad SMARTS) is 1. The molecule has 1 aliphatic heterocycles. The lowest BCUT2D eigenvalue weighted by Crippen LogP contribution is -2.38. The summed E-state index contributed by atoms with van der Waals surface area (Å²) in [6.07, 6.45) is 1.76. The average molecular weight is 279 g/mol. The van der Waals surface area contributed by atoms with Gasteiger partial charge in [0, 0.05) is 12.2 Å².